The number of unbranched alkanes of at least 4 members (excludes halogenated alkanes) is 1. The molecule has 0 spiro atoms. The van der Waals surface area contributed by atoms with Gasteiger partial charge in [0.25, 0.3) is 0 Å². The standard InChI is InChI=1S/C16H25NO3/c1-3-20-15(19)16(12-17,9-4-5-10-18)14-8-6-7-13(2)11-14/h6-8,11,18H,3-5,9-10,12,17H2,1-2H3. The Hall–Kier alpha value is -1.39. The van der Waals surface area contributed by atoms with E-state index in [0.717, 1.165) is 17.5 Å². The van der Waals surface area contributed by atoms with Crippen molar-refractivity contribution in [3.63, 3.8) is 0 Å². The van der Waals surface area contributed by atoms with E-state index in [0.29, 0.717) is 19.4 Å². The highest BCUT2D eigenvalue weighted by Gasteiger charge is 2.39. The number of carbonyl (C=O) groups excluding carboxylic acids is 1. The Balaban J connectivity index is 3.12. The molecule has 3 N–H and O–H groups in total. The number of hydrogen-bond donors (Lipinski definition) is 2. The molecule has 20 heavy (non-hydrogen) atoms. The molecule has 1 aromatic rings. The fourth-order valence-corrected chi connectivity index (χ4v) is 2.42. The predicted molar refractivity (Wildman–Crippen MR) is 79.5 cm³/mol. The van der Waals surface area contributed by atoms with Crippen molar-refractivity contribution in [1.82, 2.24) is 0 Å². The maximum atomic E-state index is 12.4. The molecule has 0 saturated heterocycles. The number of ether oxygens (including phenoxy) is 1. The predicted octanol–water partition coefficient (Wildman–Crippen LogP) is 1.92. The molecule has 1 rings (SSSR count). The van der Waals surface area contributed by atoms with Gasteiger partial charge in [-0.25, -0.2) is 0 Å². The van der Waals surface area contributed by atoms with Crippen LogP contribution in [0.3, 0.4) is 0 Å². The van der Waals surface area contributed by atoms with Gasteiger partial charge in [-0.1, -0.05) is 29.8 Å². The fourth-order valence-electron chi connectivity index (χ4n) is 2.42. The van der Waals surface area contributed by atoms with Crippen molar-refractivity contribution in [3.05, 3.63) is 35.4 Å². The smallest absolute Gasteiger partial charge is 0.317 e. The van der Waals surface area contributed by atoms with Gasteiger partial charge in [-0.3, -0.25) is 4.79 Å². The normalized spacial score (nSPS) is 13.8. The molecule has 0 amide bonds. The summed E-state index contributed by atoms with van der Waals surface area (Å²) >= 11 is 0. The molecule has 0 bridgehead atoms. The van der Waals surface area contributed by atoms with Crippen molar-refractivity contribution in [3.8, 4) is 0 Å². The Labute approximate surface area is 120 Å². The van der Waals surface area contributed by atoms with Gasteiger partial charge in [-0.2, -0.15) is 0 Å². The minimum Gasteiger partial charge on any atom is -0.465 e. The first-order chi connectivity index (χ1) is 9.60. The number of aliphatic hydroxyl groups excluding tert-OH is 1. The lowest BCUT2D eigenvalue weighted by Crippen LogP contribution is -2.44. The van der Waals surface area contributed by atoms with Crippen LogP contribution in [0, 0.1) is 6.92 Å². The maximum Gasteiger partial charge on any atom is 0.317 e. The molecular formula is C16H25NO3. The molecule has 0 saturated carbocycles. The molecule has 0 aromatic heterocycles. The molecule has 1 unspecified atom stereocenters. The summed E-state index contributed by atoms with van der Waals surface area (Å²) in [7, 11) is 0. The highest BCUT2D eigenvalue weighted by molar-refractivity contribution is 5.83. The van der Waals surface area contributed by atoms with E-state index in [1.54, 1.807) is 6.92 Å². The topological polar surface area (TPSA) is 72.5 Å². The summed E-state index contributed by atoms with van der Waals surface area (Å²) in [4.78, 5) is 12.4. The second-order valence-corrected chi connectivity index (χ2v) is 5.06. The van der Waals surface area contributed by atoms with Crippen LogP contribution in [0.1, 0.15) is 37.3 Å². The van der Waals surface area contributed by atoms with E-state index in [9.17, 15) is 4.79 Å². The third kappa shape index (κ3) is 3.81. The van der Waals surface area contributed by atoms with Gasteiger partial charge in [-0.05, 0) is 38.7 Å². The molecule has 1 atom stereocenters. The third-order valence-electron chi connectivity index (χ3n) is 3.60. The molecule has 0 aliphatic heterocycles. The van der Waals surface area contributed by atoms with Crippen molar-refractivity contribution >= 4 is 5.97 Å². The Morgan fingerprint density at radius 1 is 1.40 bits per heavy atom. The summed E-state index contributed by atoms with van der Waals surface area (Å²) in [5.74, 6) is -0.272. The molecule has 112 valence electrons. The van der Waals surface area contributed by atoms with Gasteiger partial charge in [0.1, 0.15) is 5.41 Å². The zero-order valence-electron chi connectivity index (χ0n) is 12.4. The summed E-state index contributed by atoms with van der Waals surface area (Å²) in [6.45, 7) is 4.46. The van der Waals surface area contributed by atoms with Crippen LogP contribution in [0.15, 0.2) is 24.3 Å². The lowest BCUT2D eigenvalue weighted by atomic mass is 9.76. The Bertz CT molecular complexity index is 433. The molecule has 0 radical (unpaired) electrons. The van der Waals surface area contributed by atoms with Crippen molar-refractivity contribution in [2.75, 3.05) is 19.8 Å². The van der Waals surface area contributed by atoms with E-state index in [1.165, 1.54) is 0 Å². The van der Waals surface area contributed by atoms with Crippen molar-refractivity contribution in [2.24, 2.45) is 5.73 Å². The van der Waals surface area contributed by atoms with Crippen LogP contribution in [0.2, 0.25) is 0 Å². The van der Waals surface area contributed by atoms with Gasteiger partial charge < -0.3 is 15.6 Å². The zero-order valence-corrected chi connectivity index (χ0v) is 12.4. The molecule has 4 heteroatoms. The first kappa shape index (κ1) is 16.7. The van der Waals surface area contributed by atoms with Crippen molar-refractivity contribution < 1.29 is 14.6 Å². The number of hydrogen-bond acceptors (Lipinski definition) is 4. The van der Waals surface area contributed by atoms with Crippen molar-refractivity contribution in [1.29, 1.82) is 0 Å². The highest BCUT2D eigenvalue weighted by Crippen LogP contribution is 2.31. The van der Waals surface area contributed by atoms with Crippen LogP contribution in [-0.2, 0) is 14.9 Å². The zero-order chi connectivity index (χ0) is 15.0. The number of rotatable bonds is 8. The van der Waals surface area contributed by atoms with E-state index in [2.05, 4.69) is 0 Å². The minimum atomic E-state index is -0.808. The molecule has 1 aromatic carbocycles. The summed E-state index contributed by atoms with van der Waals surface area (Å²) in [5, 5.41) is 8.95. The van der Waals surface area contributed by atoms with E-state index >= 15 is 0 Å². The average Bonchev–Trinajstić information content (AvgIpc) is 2.44. The maximum absolute atomic E-state index is 12.4. The number of aliphatic hydroxyl groups is 1. The summed E-state index contributed by atoms with van der Waals surface area (Å²) in [6.07, 6.45) is 1.99. The van der Waals surface area contributed by atoms with Gasteiger partial charge in [0.15, 0.2) is 0 Å². The number of aryl methyl sites for hydroxylation is 1. The molecular weight excluding hydrogens is 254 g/mol. The summed E-state index contributed by atoms with van der Waals surface area (Å²) < 4.78 is 5.24. The third-order valence-corrected chi connectivity index (χ3v) is 3.60. The lowest BCUT2D eigenvalue weighted by molar-refractivity contribution is -0.150. The van der Waals surface area contributed by atoms with Crippen LogP contribution < -0.4 is 5.73 Å². The van der Waals surface area contributed by atoms with Crippen LogP contribution in [-0.4, -0.2) is 30.8 Å². The van der Waals surface area contributed by atoms with Gasteiger partial charge in [0.05, 0.1) is 6.61 Å². The van der Waals surface area contributed by atoms with Crippen LogP contribution in [0.5, 0.6) is 0 Å². The van der Waals surface area contributed by atoms with E-state index in [-0.39, 0.29) is 19.1 Å². The largest absolute Gasteiger partial charge is 0.465 e. The van der Waals surface area contributed by atoms with Gasteiger partial charge in [0.2, 0.25) is 0 Å². The molecule has 0 aliphatic carbocycles. The van der Waals surface area contributed by atoms with Crippen molar-refractivity contribution in [2.45, 2.75) is 38.5 Å². The number of benzene rings is 1. The summed E-state index contributed by atoms with van der Waals surface area (Å²) in [6, 6.07) is 7.84. The van der Waals surface area contributed by atoms with E-state index in [1.807, 2.05) is 31.2 Å². The van der Waals surface area contributed by atoms with Gasteiger partial charge >= 0.3 is 5.97 Å². The van der Waals surface area contributed by atoms with E-state index in [4.69, 9.17) is 15.6 Å². The van der Waals surface area contributed by atoms with Gasteiger partial charge in [-0.15, -0.1) is 0 Å². The minimum absolute atomic E-state index is 0.122. The molecule has 0 fully saturated rings. The SMILES string of the molecule is CCOC(=O)C(CN)(CCCCO)c1cccc(C)c1. The number of carbonyl (C=O) groups is 1. The Morgan fingerprint density at radius 2 is 2.15 bits per heavy atom. The monoisotopic (exact) mass is 279 g/mol. The highest BCUT2D eigenvalue weighted by atomic mass is 16.5. The number of nitrogens with two attached hydrogens (primary N) is 1. The quantitative estimate of drug-likeness (QED) is 0.563. The Morgan fingerprint density at radius 3 is 2.70 bits per heavy atom. The average molecular weight is 279 g/mol. The molecule has 4 nitrogen and oxygen atoms in total. The number of esters is 1. The van der Waals surface area contributed by atoms with Crippen LogP contribution in [0.25, 0.3) is 0 Å². The molecule has 0 aliphatic rings. The second-order valence-electron chi connectivity index (χ2n) is 5.06. The first-order valence-electron chi connectivity index (χ1n) is 7.16. The van der Waals surface area contributed by atoms with E-state index < -0.39 is 5.41 Å². The fraction of sp³-hybridized carbons (Fsp3) is 0.562. The van der Waals surface area contributed by atoms with Crippen LogP contribution in [0.4, 0.5) is 0 Å². The van der Waals surface area contributed by atoms with Gasteiger partial charge in [0, 0.05) is 13.2 Å². The first-order valence-corrected chi connectivity index (χ1v) is 7.16. The Kier molecular flexibility index (Phi) is 6.68. The molecule has 0 heterocycles. The summed E-state index contributed by atoms with van der Waals surface area (Å²) in [5.41, 5.74) is 7.12. The second kappa shape index (κ2) is 8.02. The lowest BCUT2D eigenvalue weighted by Gasteiger charge is -2.31. The van der Waals surface area contributed by atoms with Crippen LogP contribution >= 0.6 is 0 Å².